The van der Waals surface area contributed by atoms with E-state index in [9.17, 15) is 0 Å². The molecular formula is C15H21BrIN5. The fourth-order valence-electron chi connectivity index (χ4n) is 1.93. The third kappa shape index (κ3) is 6.78. The van der Waals surface area contributed by atoms with Gasteiger partial charge in [0.2, 0.25) is 0 Å². The first-order valence-corrected chi connectivity index (χ1v) is 7.73. The fraction of sp³-hybridized carbons (Fsp3) is 0.333. The highest BCUT2D eigenvalue weighted by Crippen LogP contribution is 2.11. The SMILES string of the molecule is CN=C(NCCCn1cccn1)NCc1cccc(Br)c1.I. The topological polar surface area (TPSA) is 54.2 Å². The molecule has 7 heteroatoms. The van der Waals surface area contributed by atoms with E-state index in [4.69, 9.17) is 0 Å². The van der Waals surface area contributed by atoms with Crippen LogP contribution in [0.3, 0.4) is 0 Å². The summed E-state index contributed by atoms with van der Waals surface area (Å²) in [6, 6.07) is 10.2. The van der Waals surface area contributed by atoms with Crippen LogP contribution in [0.5, 0.6) is 0 Å². The Labute approximate surface area is 156 Å². The van der Waals surface area contributed by atoms with Crippen LogP contribution in [0.25, 0.3) is 0 Å². The van der Waals surface area contributed by atoms with Gasteiger partial charge in [-0.15, -0.1) is 24.0 Å². The summed E-state index contributed by atoms with van der Waals surface area (Å²) in [5.41, 5.74) is 1.21. The van der Waals surface area contributed by atoms with E-state index in [-0.39, 0.29) is 24.0 Å². The quantitative estimate of drug-likeness (QED) is 0.291. The third-order valence-corrected chi connectivity index (χ3v) is 3.48. The highest BCUT2D eigenvalue weighted by Gasteiger charge is 1.99. The van der Waals surface area contributed by atoms with Crippen molar-refractivity contribution in [1.82, 2.24) is 20.4 Å². The second-order valence-electron chi connectivity index (χ2n) is 4.61. The number of nitrogens with zero attached hydrogens (tertiary/aromatic N) is 3. The van der Waals surface area contributed by atoms with Crippen LogP contribution in [0.1, 0.15) is 12.0 Å². The Morgan fingerprint density at radius 1 is 1.32 bits per heavy atom. The zero-order valence-electron chi connectivity index (χ0n) is 12.5. The molecule has 0 unspecified atom stereocenters. The van der Waals surface area contributed by atoms with E-state index in [0.717, 1.165) is 36.5 Å². The van der Waals surface area contributed by atoms with Gasteiger partial charge < -0.3 is 10.6 Å². The number of aryl methyl sites for hydroxylation is 1. The zero-order chi connectivity index (χ0) is 14.9. The van der Waals surface area contributed by atoms with Crippen molar-refractivity contribution in [3.63, 3.8) is 0 Å². The summed E-state index contributed by atoms with van der Waals surface area (Å²) in [5.74, 6) is 0.815. The van der Waals surface area contributed by atoms with Gasteiger partial charge in [-0.05, 0) is 30.2 Å². The number of rotatable bonds is 6. The van der Waals surface area contributed by atoms with Gasteiger partial charge in [-0.2, -0.15) is 5.10 Å². The van der Waals surface area contributed by atoms with Crippen molar-refractivity contribution in [3.8, 4) is 0 Å². The molecule has 0 saturated heterocycles. The molecule has 0 aliphatic carbocycles. The third-order valence-electron chi connectivity index (χ3n) is 2.99. The van der Waals surface area contributed by atoms with Gasteiger partial charge in [0.1, 0.15) is 0 Å². The molecular weight excluding hydrogens is 457 g/mol. The Kier molecular flexibility index (Phi) is 9.14. The van der Waals surface area contributed by atoms with Crippen molar-refractivity contribution in [3.05, 3.63) is 52.8 Å². The van der Waals surface area contributed by atoms with Crippen LogP contribution in [-0.2, 0) is 13.1 Å². The van der Waals surface area contributed by atoms with Crippen LogP contribution in [0, 0.1) is 0 Å². The number of hydrogen-bond acceptors (Lipinski definition) is 2. The van der Waals surface area contributed by atoms with Crippen molar-refractivity contribution < 1.29 is 0 Å². The van der Waals surface area contributed by atoms with E-state index in [0.29, 0.717) is 0 Å². The lowest BCUT2D eigenvalue weighted by atomic mass is 10.2. The Hall–Kier alpha value is -1.09. The van der Waals surface area contributed by atoms with Crippen LogP contribution in [-0.4, -0.2) is 29.3 Å². The minimum atomic E-state index is 0. The lowest BCUT2D eigenvalue weighted by molar-refractivity contribution is 0.570. The molecule has 2 aromatic rings. The molecule has 0 amide bonds. The second-order valence-corrected chi connectivity index (χ2v) is 5.52. The van der Waals surface area contributed by atoms with Gasteiger partial charge in [0, 0.05) is 43.5 Å². The molecule has 0 fully saturated rings. The molecule has 0 spiro atoms. The second kappa shape index (κ2) is 10.6. The van der Waals surface area contributed by atoms with E-state index >= 15 is 0 Å². The maximum atomic E-state index is 4.22. The Bertz CT molecular complexity index is 571. The summed E-state index contributed by atoms with van der Waals surface area (Å²) in [6.45, 7) is 2.51. The molecule has 0 atom stereocenters. The minimum absolute atomic E-state index is 0. The molecule has 1 aromatic carbocycles. The molecule has 1 aromatic heterocycles. The van der Waals surface area contributed by atoms with Crippen LogP contribution in [0.4, 0.5) is 0 Å². The first kappa shape index (κ1) is 19.0. The van der Waals surface area contributed by atoms with Crippen LogP contribution < -0.4 is 10.6 Å². The van der Waals surface area contributed by atoms with Crippen LogP contribution in [0.15, 0.2) is 52.2 Å². The summed E-state index contributed by atoms with van der Waals surface area (Å²) < 4.78 is 3.02. The normalized spacial score (nSPS) is 10.9. The molecule has 0 saturated carbocycles. The van der Waals surface area contributed by atoms with E-state index in [1.807, 2.05) is 29.1 Å². The summed E-state index contributed by atoms with van der Waals surface area (Å²) in [7, 11) is 1.78. The van der Waals surface area contributed by atoms with Gasteiger partial charge in [-0.3, -0.25) is 9.67 Å². The smallest absolute Gasteiger partial charge is 0.191 e. The minimum Gasteiger partial charge on any atom is -0.356 e. The Morgan fingerprint density at radius 3 is 2.86 bits per heavy atom. The Balaban J connectivity index is 0.00000242. The standard InChI is InChI=1S/C15H20BrN5.HI/c1-17-15(18-7-3-9-21-10-4-8-20-21)19-12-13-5-2-6-14(16)11-13;/h2,4-6,8,10-11H,3,7,9,12H2,1H3,(H2,17,18,19);1H. The lowest BCUT2D eigenvalue weighted by Crippen LogP contribution is -2.37. The highest BCUT2D eigenvalue weighted by atomic mass is 127. The summed E-state index contributed by atoms with van der Waals surface area (Å²) in [4.78, 5) is 4.22. The van der Waals surface area contributed by atoms with Gasteiger partial charge in [-0.25, -0.2) is 0 Å². The number of halogens is 2. The van der Waals surface area contributed by atoms with Gasteiger partial charge in [0.15, 0.2) is 5.96 Å². The number of nitrogens with one attached hydrogen (secondary N) is 2. The van der Waals surface area contributed by atoms with Gasteiger partial charge in [0.25, 0.3) is 0 Å². The fourth-order valence-corrected chi connectivity index (χ4v) is 2.38. The van der Waals surface area contributed by atoms with Crippen molar-refractivity contribution in [1.29, 1.82) is 0 Å². The van der Waals surface area contributed by atoms with Crippen molar-refractivity contribution in [2.75, 3.05) is 13.6 Å². The molecule has 1 heterocycles. The molecule has 0 radical (unpaired) electrons. The van der Waals surface area contributed by atoms with Crippen molar-refractivity contribution in [2.24, 2.45) is 4.99 Å². The lowest BCUT2D eigenvalue weighted by Gasteiger charge is -2.12. The van der Waals surface area contributed by atoms with E-state index in [1.54, 1.807) is 13.2 Å². The maximum absolute atomic E-state index is 4.22. The van der Waals surface area contributed by atoms with Crippen molar-refractivity contribution >= 4 is 45.9 Å². The largest absolute Gasteiger partial charge is 0.356 e. The van der Waals surface area contributed by atoms with Gasteiger partial charge in [0.05, 0.1) is 0 Å². The Morgan fingerprint density at radius 2 is 2.18 bits per heavy atom. The van der Waals surface area contributed by atoms with Crippen molar-refractivity contribution in [2.45, 2.75) is 19.5 Å². The summed E-state index contributed by atoms with van der Waals surface area (Å²) in [6.07, 6.45) is 4.77. The highest BCUT2D eigenvalue weighted by molar-refractivity contribution is 14.0. The molecule has 120 valence electrons. The van der Waals surface area contributed by atoms with Crippen LogP contribution in [0.2, 0.25) is 0 Å². The summed E-state index contributed by atoms with van der Waals surface area (Å²) >= 11 is 3.47. The van der Waals surface area contributed by atoms with Gasteiger partial charge >= 0.3 is 0 Å². The molecule has 0 aliphatic rings. The first-order valence-electron chi connectivity index (χ1n) is 6.94. The van der Waals surface area contributed by atoms with E-state index in [2.05, 4.69) is 48.8 Å². The average Bonchev–Trinajstić information content (AvgIpc) is 3.00. The molecule has 2 N–H and O–H groups in total. The number of guanidine groups is 1. The summed E-state index contributed by atoms with van der Waals surface area (Å²) in [5, 5.41) is 10.8. The molecule has 0 bridgehead atoms. The number of aliphatic imine (C=N–C) groups is 1. The maximum Gasteiger partial charge on any atom is 0.191 e. The van der Waals surface area contributed by atoms with Gasteiger partial charge in [-0.1, -0.05) is 28.1 Å². The predicted octanol–water partition coefficient (Wildman–Crippen LogP) is 3.02. The zero-order valence-corrected chi connectivity index (χ0v) is 16.4. The number of hydrogen-bond donors (Lipinski definition) is 2. The monoisotopic (exact) mass is 477 g/mol. The number of aromatic nitrogens is 2. The first-order chi connectivity index (χ1) is 10.3. The predicted molar refractivity (Wildman–Crippen MR) is 105 cm³/mol. The molecule has 22 heavy (non-hydrogen) atoms. The molecule has 5 nitrogen and oxygen atoms in total. The average molecular weight is 478 g/mol. The molecule has 0 aliphatic heterocycles. The van der Waals surface area contributed by atoms with Crippen LogP contribution >= 0.6 is 39.9 Å². The number of benzene rings is 1. The van der Waals surface area contributed by atoms with E-state index in [1.165, 1.54) is 5.56 Å². The van der Waals surface area contributed by atoms with E-state index < -0.39 is 0 Å². The molecule has 2 rings (SSSR count).